The zero-order chi connectivity index (χ0) is 11.4. The molecule has 0 aromatic carbocycles. The van der Waals surface area contributed by atoms with Gasteiger partial charge in [-0.15, -0.1) is 0 Å². The summed E-state index contributed by atoms with van der Waals surface area (Å²) in [4.78, 5) is 0. The minimum absolute atomic E-state index is 0.779. The first-order valence-corrected chi connectivity index (χ1v) is 10.1. The molecule has 0 bridgehead atoms. The van der Waals surface area contributed by atoms with Crippen LogP contribution in [-0.4, -0.2) is 19.0 Å². The van der Waals surface area contributed by atoms with E-state index in [2.05, 4.69) is 0 Å². The Balaban J connectivity index is 2.03. The van der Waals surface area contributed by atoms with Gasteiger partial charge < -0.3 is 9.51 Å². The minimum Gasteiger partial charge on any atom is -0.453 e. The van der Waals surface area contributed by atoms with E-state index in [-0.39, 0.29) is 0 Å². The lowest BCUT2D eigenvalue weighted by atomic mass is 9.99. The van der Waals surface area contributed by atoms with Gasteiger partial charge >= 0.3 is 0 Å². The molecule has 0 atom stereocenters. The highest BCUT2D eigenvalue weighted by molar-refractivity contribution is 6.76. The molecule has 94 valence electrons. The van der Waals surface area contributed by atoms with Crippen LogP contribution in [0, 0.1) is 0 Å². The first-order valence-electron chi connectivity index (χ1n) is 7.11. The van der Waals surface area contributed by atoms with Gasteiger partial charge in [-0.05, 0) is 36.8 Å². The van der Waals surface area contributed by atoms with E-state index in [1.165, 1.54) is 64.2 Å². The smallest absolute Gasteiger partial charge is 0.261 e. The lowest BCUT2D eigenvalue weighted by Gasteiger charge is -2.43. The third kappa shape index (κ3) is 2.60. The van der Waals surface area contributed by atoms with Crippen molar-refractivity contribution in [2.24, 2.45) is 5.40 Å². The fourth-order valence-electron chi connectivity index (χ4n) is 3.77. The number of hydrogen-bond acceptors (Lipinski definition) is 2. The van der Waals surface area contributed by atoms with Crippen molar-refractivity contribution in [3.05, 3.63) is 0 Å². The van der Waals surface area contributed by atoms with E-state index >= 15 is 0 Å². The van der Waals surface area contributed by atoms with Gasteiger partial charge in [0.25, 0.3) is 8.48 Å². The average molecular weight is 258 g/mol. The molecule has 2 nitrogen and oxygen atoms in total. The van der Waals surface area contributed by atoms with E-state index in [4.69, 9.17) is 9.51 Å². The van der Waals surface area contributed by atoms with Crippen LogP contribution >= 0.6 is 0 Å². The lowest BCUT2D eigenvalue weighted by Crippen LogP contribution is -2.57. The van der Waals surface area contributed by atoms with Gasteiger partial charge in [-0.25, -0.2) is 0 Å². The zero-order valence-corrected chi connectivity index (χ0v) is 13.7. The second-order valence-electron chi connectivity index (χ2n) is 5.73. The normalized spacial score (nSPS) is 26.1. The Hall–Kier alpha value is 0.354. The van der Waals surface area contributed by atoms with E-state index in [9.17, 15) is 0 Å². The van der Waals surface area contributed by atoms with E-state index < -0.39 is 8.48 Å². The summed E-state index contributed by atoms with van der Waals surface area (Å²) in [5.41, 5.74) is 1.56. The molecule has 2 aliphatic carbocycles. The number of nitrogens with two attached hydrogens (primary N) is 1. The van der Waals surface area contributed by atoms with Crippen LogP contribution in [0.4, 0.5) is 0 Å². The van der Waals surface area contributed by atoms with Crippen LogP contribution in [0.25, 0.3) is 0 Å². The first kappa shape index (κ1) is 12.8. The van der Waals surface area contributed by atoms with Crippen molar-refractivity contribution >= 4 is 19.0 Å². The van der Waals surface area contributed by atoms with Crippen LogP contribution in [0.15, 0.2) is 0 Å². The maximum Gasteiger partial charge on any atom is 0.261 e. The van der Waals surface area contributed by atoms with Gasteiger partial charge in [-0.1, -0.05) is 38.5 Å². The fourth-order valence-corrected chi connectivity index (χ4v) is 9.73. The minimum atomic E-state index is -1.86. The summed E-state index contributed by atoms with van der Waals surface area (Å²) in [7, 11) is -1.01. The molecule has 2 saturated carbocycles. The molecule has 0 spiro atoms. The Morgan fingerprint density at radius 3 is 1.50 bits per heavy atom. The summed E-state index contributed by atoms with van der Waals surface area (Å²) in [6.07, 6.45) is 13.9. The molecule has 0 unspecified atom stereocenters. The van der Waals surface area contributed by atoms with Crippen LogP contribution in [0.2, 0.25) is 11.1 Å². The fraction of sp³-hybridized carbons (Fsp3) is 1.00. The molecular weight excluding hydrogens is 230 g/mol. The largest absolute Gasteiger partial charge is 0.453 e. The van der Waals surface area contributed by atoms with Crippen LogP contribution in [0.1, 0.15) is 64.2 Å². The molecular formula is C12H27NOSi2. The van der Waals surface area contributed by atoms with Gasteiger partial charge in [0.15, 0.2) is 0 Å². The second-order valence-corrected chi connectivity index (χ2v) is 10.7. The van der Waals surface area contributed by atoms with Gasteiger partial charge in [0.05, 0.1) is 0 Å². The molecule has 2 rings (SSSR count). The summed E-state index contributed by atoms with van der Waals surface area (Å²) in [5, 5.41) is 6.80. The molecule has 0 saturated heterocycles. The Morgan fingerprint density at radius 1 is 0.812 bits per heavy atom. The molecule has 2 N–H and O–H groups in total. The second kappa shape index (κ2) is 5.80. The molecule has 0 aliphatic heterocycles. The van der Waals surface area contributed by atoms with Gasteiger partial charge in [-0.3, -0.25) is 0 Å². The summed E-state index contributed by atoms with van der Waals surface area (Å²) < 4.78 is 6.07. The van der Waals surface area contributed by atoms with E-state index in [1.807, 2.05) is 0 Å². The first-order chi connectivity index (χ1) is 7.77. The summed E-state index contributed by atoms with van der Waals surface area (Å²) in [5.74, 6) is 0. The number of hydrogen-bond donors (Lipinski definition) is 1. The average Bonchev–Trinajstić information content (AvgIpc) is 2.40. The molecule has 0 aromatic heterocycles. The van der Waals surface area contributed by atoms with Gasteiger partial charge in [0, 0.05) is 0 Å². The van der Waals surface area contributed by atoms with Gasteiger partial charge in [0.2, 0.25) is 0 Å². The standard InChI is InChI=1S/C12H27NOSi2/c13-16(14-15,11-7-3-1-4-8-11)12-9-5-2-6-10-12/h11-12H,1-10,13H2,15H3. The molecule has 16 heavy (non-hydrogen) atoms. The van der Waals surface area contributed by atoms with Crippen molar-refractivity contribution < 1.29 is 4.12 Å². The predicted octanol–water partition coefficient (Wildman–Crippen LogP) is 2.35. The lowest BCUT2D eigenvalue weighted by molar-refractivity contribution is 0.394. The van der Waals surface area contributed by atoms with Crippen LogP contribution in [0.5, 0.6) is 0 Å². The van der Waals surface area contributed by atoms with Gasteiger partial charge in [-0.2, -0.15) is 0 Å². The Kier molecular flexibility index (Phi) is 4.64. The Morgan fingerprint density at radius 2 is 1.19 bits per heavy atom. The Bertz CT molecular complexity index is 195. The molecule has 2 fully saturated rings. The molecule has 0 aromatic rings. The molecule has 2 aliphatic rings. The van der Waals surface area contributed by atoms with Crippen molar-refractivity contribution in [3.63, 3.8) is 0 Å². The third-order valence-electron chi connectivity index (χ3n) is 4.84. The van der Waals surface area contributed by atoms with Gasteiger partial charge in [0.1, 0.15) is 10.5 Å². The maximum atomic E-state index is 6.80. The van der Waals surface area contributed by atoms with Crippen molar-refractivity contribution in [3.8, 4) is 0 Å². The topological polar surface area (TPSA) is 35.2 Å². The van der Waals surface area contributed by atoms with Crippen LogP contribution < -0.4 is 5.40 Å². The quantitative estimate of drug-likeness (QED) is 0.788. The van der Waals surface area contributed by atoms with Crippen molar-refractivity contribution in [2.45, 2.75) is 75.3 Å². The van der Waals surface area contributed by atoms with Crippen molar-refractivity contribution in [1.82, 2.24) is 0 Å². The van der Waals surface area contributed by atoms with Crippen molar-refractivity contribution in [1.29, 1.82) is 0 Å². The monoisotopic (exact) mass is 257 g/mol. The summed E-state index contributed by atoms with van der Waals surface area (Å²) in [6.45, 7) is 0. The molecule has 0 radical (unpaired) electrons. The third-order valence-corrected chi connectivity index (χ3v) is 11.4. The van der Waals surface area contributed by atoms with Crippen LogP contribution in [0.3, 0.4) is 0 Å². The zero-order valence-electron chi connectivity index (χ0n) is 10.7. The Labute approximate surface area is 104 Å². The molecule has 0 heterocycles. The molecule has 4 heteroatoms. The SMILES string of the molecule is N[Si](O[SiH3])(C1CCCCC1)C1CCCCC1. The van der Waals surface area contributed by atoms with Crippen molar-refractivity contribution in [2.75, 3.05) is 0 Å². The van der Waals surface area contributed by atoms with E-state index in [1.54, 1.807) is 0 Å². The molecule has 0 amide bonds. The maximum absolute atomic E-state index is 6.80. The van der Waals surface area contributed by atoms with E-state index in [0.717, 1.165) is 21.6 Å². The highest BCUT2D eigenvalue weighted by atomic mass is 28.4. The summed E-state index contributed by atoms with van der Waals surface area (Å²) in [6, 6.07) is 0. The highest BCUT2D eigenvalue weighted by Gasteiger charge is 2.46. The predicted molar refractivity (Wildman–Crippen MR) is 74.6 cm³/mol. The summed E-state index contributed by atoms with van der Waals surface area (Å²) >= 11 is 0. The van der Waals surface area contributed by atoms with Crippen LogP contribution in [-0.2, 0) is 4.12 Å². The van der Waals surface area contributed by atoms with E-state index in [0.29, 0.717) is 0 Å². The number of rotatable bonds is 3. The highest BCUT2D eigenvalue weighted by Crippen LogP contribution is 2.45.